The van der Waals surface area contributed by atoms with E-state index in [0.29, 0.717) is 12.0 Å². The second kappa shape index (κ2) is 5.99. The molecule has 2 aromatic rings. The van der Waals surface area contributed by atoms with Crippen molar-refractivity contribution in [3.05, 3.63) is 70.8 Å². The molecule has 24 heavy (non-hydrogen) atoms. The molecule has 0 fully saturated rings. The van der Waals surface area contributed by atoms with E-state index in [0.717, 1.165) is 12.8 Å². The predicted octanol–water partition coefficient (Wildman–Crippen LogP) is 4.30. The minimum atomic E-state index is 0.365. The fourth-order valence-corrected chi connectivity index (χ4v) is 3.95. The zero-order chi connectivity index (χ0) is 16.7. The van der Waals surface area contributed by atoms with E-state index in [1.807, 2.05) is 0 Å². The third-order valence-corrected chi connectivity index (χ3v) is 5.20. The molecule has 0 radical (unpaired) electrons. The highest BCUT2D eigenvalue weighted by molar-refractivity contribution is 5.92. The van der Waals surface area contributed by atoms with Crippen LogP contribution >= 0.6 is 0 Å². The molecule has 1 unspecified atom stereocenters. The van der Waals surface area contributed by atoms with Crippen LogP contribution in [0.3, 0.4) is 0 Å². The van der Waals surface area contributed by atoms with Crippen molar-refractivity contribution in [2.24, 2.45) is 0 Å². The van der Waals surface area contributed by atoms with E-state index in [1.54, 1.807) is 0 Å². The van der Waals surface area contributed by atoms with Gasteiger partial charge in [0.15, 0.2) is 0 Å². The van der Waals surface area contributed by atoms with Gasteiger partial charge in [0.1, 0.15) is 0 Å². The molecule has 124 valence electrons. The number of hydrogen-bond donors (Lipinski definition) is 2. The Morgan fingerprint density at radius 3 is 2.50 bits per heavy atom. The van der Waals surface area contributed by atoms with Crippen molar-refractivity contribution in [2.75, 3.05) is 0 Å². The predicted molar refractivity (Wildman–Crippen MR) is 99.7 cm³/mol. The van der Waals surface area contributed by atoms with Crippen molar-refractivity contribution >= 4 is 11.4 Å². The van der Waals surface area contributed by atoms with E-state index in [-0.39, 0.29) is 0 Å². The largest absolute Gasteiger partial charge is 0.301 e. The van der Waals surface area contributed by atoms with E-state index in [2.05, 4.69) is 85.3 Å². The standard InChI is InChI=1S/C21H25N3/c1-4-15-13-16-9-5-6-11-18(16)20-21(24(14(2)3)23-22-20)19-12-8-7-10-17(15)19/h5-12,14-15,22-23H,4,13H2,1-3H3. The van der Waals surface area contributed by atoms with Crippen LogP contribution in [0.15, 0.2) is 48.5 Å². The number of nitrogens with zero attached hydrogens (tertiary/aromatic N) is 1. The number of hydrazine groups is 2. The molecule has 4 rings (SSSR count). The topological polar surface area (TPSA) is 27.3 Å². The first kappa shape index (κ1) is 15.3. The third-order valence-electron chi connectivity index (χ3n) is 5.20. The van der Waals surface area contributed by atoms with Crippen LogP contribution in [0.4, 0.5) is 0 Å². The van der Waals surface area contributed by atoms with Crippen LogP contribution in [0.1, 0.15) is 55.4 Å². The Bertz CT molecular complexity index is 791. The number of nitrogens with one attached hydrogen (secondary N) is 2. The summed E-state index contributed by atoms with van der Waals surface area (Å²) < 4.78 is 0. The van der Waals surface area contributed by atoms with E-state index in [9.17, 15) is 0 Å². The van der Waals surface area contributed by atoms with Gasteiger partial charge in [-0.15, -0.1) is 5.53 Å². The lowest BCUT2D eigenvalue weighted by atomic mass is 9.81. The van der Waals surface area contributed by atoms with Crippen molar-refractivity contribution in [1.29, 1.82) is 0 Å². The highest BCUT2D eigenvalue weighted by Gasteiger charge is 2.32. The van der Waals surface area contributed by atoms with E-state index >= 15 is 0 Å². The van der Waals surface area contributed by atoms with Crippen LogP contribution in [0.2, 0.25) is 0 Å². The molecule has 3 heteroatoms. The van der Waals surface area contributed by atoms with Crippen LogP contribution in [0.5, 0.6) is 0 Å². The second-order valence-corrected chi connectivity index (χ2v) is 6.98. The number of hydrogen-bond acceptors (Lipinski definition) is 3. The fourth-order valence-electron chi connectivity index (χ4n) is 3.95. The number of benzene rings is 2. The molecular weight excluding hydrogens is 294 g/mol. The second-order valence-electron chi connectivity index (χ2n) is 6.98. The van der Waals surface area contributed by atoms with Gasteiger partial charge in [-0.1, -0.05) is 55.5 Å². The smallest absolute Gasteiger partial charge is 0.0867 e. The van der Waals surface area contributed by atoms with Gasteiger partial charge in [-0.05, 0) is 43.7 Å². The lowest BCUT2D eigenvalue weighted by Gasteiger charge is -2.29. The molecule has 1 aliphatic carbocycles. The Morgan fingerprint density at radius 1 is 1.04 bits per heavy atom. The zero-order valence-corrected chi connectivity index (χ0v) is 14.6. The highest BCUT2D eigenvalue weighted by atomic mass is 15.7. The number of fused-ring (bicyclic) bond motifs is 4. The Hall–Kier alpha value is -2.26. The first-order valence-electron chi connectivity index (χ1n) is 8.93. The van der Waals surface area contributed by atoms with Crippen molar-refractivity contribution in [3.63, 3.8) is 0 Å². The maximum Gasteiger partial charge on any atom is 0.0867 e. The molecule has 0 amide bonds. The zero-order valence-electron chi connectivity index (χ0n) is 14.6. The molecule has 1 heterocycles. The maximum absolute atomic E-state index is 3.44. The number of rotatable bonds is 2. The van der Waals surface area contributed by atoms with E-state index in [4.69, 9.17) is 0 Å². The minimum Gasteiger partial charge on any atom is -0.301 e. The van der Waals surface area contributed by atoms with E-state index < -0.39 is 0 Å². The van der Waals surface area contributed by atoms with Gasteiger partial charge in [-0.3, -0.25) is 5.01 Å². The van der Waals surface area contributed by atoms with Gasteiger partial charge in [-0.2, -0.15) is 0 Å². The van der Waals surface area contributed by atoms with E-state index in [1.165, 1.54) is 33.6 Å². The Labute approximate surface area is 144 Å². The molecule has 1 atom stereocenters. The summed E-state index contributed by atoms with van der Waals surface area (Å²) in [6.07, 6.45) is 2.24. The van der Waals surface area contributed by atoms with Crippen molar-refractivity contribution in [2.45, 2.75) is 45.6 Å². The van der Waals surface area contributed by atoms with Crippen molar-refractivity contribution < 1.29 is 0 Å². The van der Waals surface area contributed by atoms with Gasteiger partial charge < -0.3 is 5.43 Å². The van der Waals surface area contributed by atoms with Gasteiger partial charge in [0.2, 0.25) is 0 Å². The lowest BCUT2D eigenvalue weighted by Crippen LogP contribution is -2.41. The molecular formula is C21H25N3. The van der Waals surface area contributed by atoms with Crippen LogP contribution in [0.25, 0.3) is 11.4 Å². The third kappa shape index (κ3) is 2.31. The summed E-state index contributed by atoms with van der Waals surface area (Å²) in [5.74, 6) is 0.547. The Kier molecular flexibility index (Phi) is 3.81. The van der Waals surface area contributed by atoms with Crippen LogP contribution in [-0.2, 0) is 6.42 Å². The summed E-state index contributed by atoms with van der Waals surface area (Å²) >= 11 is 0. The first-order valence-corrected chi connectivity index (χ1v) is 8.93. The highest BCUT2D eigenvalue weighted by Crippen LogP contribution is 2.41. The molecule has 2 aliphatic rings. The quantitative estimate of drug-likeness (QED) is 0.864. The summed E-state index contributed by atoms with van der Waals surface area (Å²) in [6, 6.07) is 18.1. The molecule has 0 saturated heterocycles. The molecule has 2 N–H and O–H groups in total. The molecule has 0 spiro atoms. The van der Waals surface area contributed by atoms with Crippen molar-refractivity contribution in [1.82, 2.24) is 16.0 Å². The van der Waals surface area contributed by atoms with Crippen molar-refractivity contribution in [3.8, 4) is 0 Å². The van der Waals surface area contributed by atoms with Crippen LogP contribution < -0.4 is 11.0 Å². The average molecular weight is 319 g/mol. The van der Waals surface area contributed by atoms with Gasteiger partial charge in [0.05, 0.1) is 11.4 Å². The van der Waals surface area contributed by atoms with Gasteiger partial charge in [0.25, 0.3) is 0 Å². The molecule has 0 bridgehead atoms. The molecule has 3 nitrogen and oxygen atoms in total. The van der Waals surface area contributed by atoms with Gasteiger partial charge in [-0.25, -0.2) is 0 Å². The molecule has 0 saturated carbocycles. The SMILES string of the molecule is CCC1Cc2ccccc2C2=C(c3ccccc31)N(C(C)C)NN2. The Morgan fingerprint density at radius 2 is 1.75 bits per heavy atom. The summed E-state index contributed by atoms with van der Waals surface area (Å²) in [6.45, 7) is 6.73. The molecule has 2 aromatic carbocycles. The Balaban J connectivity index is 2.03. The lowest BCUT2D eigenvalue weighted by molar-refractivity contribution is 0.237. The fraction of sp³-hybridized carbons (Fsp3) is 0.333. The normalized spacial score (nSPS) is 19.3. The monoisotopic (exact) mass is 319 g/mol. The average Bonchev–Trinajstić information content (AvgIpc) is 3.03. The maximum atomic E-state index is 3.44. The van der Waals surface area contributed by atoms with Crippen LogP contribution in [-0.4, -0.2) is 11.1 Å². The summed E-state index contributed by atoms with van der Waals surface area (Å²) in [5, 5.41) is 2.25. The summed E-state index contributed by atoms with van der Waals surface area (Å²) in [7, 11) is 0. The summed E-state index contributed by atoms with van der Waals surface area (Å²) in [4.78, 5) is 0. The molecule has 0 aromatic heterocycles. The minimum absolute atomic E-state index is 0.365. The molecule has 1 aliphatic heterocycles. The van der Waals surface area contributed by atoms with Crippen LogP contribution in [0, 0.1) is 0 Å². The van der Waals surface area contributed by atoms with Gasteiger partial charge in [0, 0.05) is 17.2 Å². The summed E-state index contributed by atoms with van der Waals surface area (Å²) in [5.41, 5.74) is 14.8. The first-order chi connectivity index (χ1) is 11.7. The van der Waals surface area contributed by atoms with Gasteiger partial charge >= 0.3 is 0 Å².